The lowest BCUT2D eigenvalue weighted by molar-refractivity contribution is -0.137. The van der Waals surface area contributed by atoms with Crippen LogP contribution >= 0.6 is 0 Å². The molecule has 0 atom stereocenters. The maximum Gasteiger partial charge on any atom is 0.416 e. The van der Waals surface area contributed by atoms with E-state index >= 15 is 0 Å². The fraction of sp³-hybridized carbons (Fsp3) is 0.385. The van der Waals surface area contributed by atoms with Crippen molar-refractivity contribution >= 4 is 10.9 Å². The van der Waals surface area contributed by atoms with E-state index in [4.69, 9.17) is 5.11 Å². The summed E-state index contributed by atoms with van der Waals surface area (Å²) >= 11 is 0. The molecule has 2 aromatic rings. The Bertz CT molecular complexity index is 557. The SMILES string of the molecule is CCn1cc(CCO)c2cc(C(F)(F)F)ccc21. The first-order valence-electron chi connectivity index (χ1n) is 5.77. The number of aryl methyl sites for hydroxylation is 1. The van der Waals surface area contributed by atoms with Gasteiger partial charge in [-0.2, -0.15) is 13.2 Å². The van der Waals surface area contributed by atoms with E-state index in [1.807, 2.05) is 11.5 Å². The van der Waals surface area contributed by atoms with Gasteiger partial charge in [0.05, 0.1) is 5.56 Å². The zero-order chi connectivity index (χ0) is 13.3. The Kier molecular flexibility index (Phi) is 3.34. The lowest BCUT2D eigenvalue weighted by Crippen LogP contribution is -2.04. The topological polar surface area (TPSA) is 25.2 Å². The summed E-state index contributed by atoms with van der Waals surface area (Å²) in [6.07, 6.45) is -2.16. The van der Waals surface area contributed by atoms with Crippen LogP contribution in [0.3, 0.4) is 0 Å². The van der Waals surface area contributed by atoms with Gasteiger partial charge >= 0.3 is 6.18 Å². The third-order valence-corrected chi connectivity index (χ3v) is 3.01. The average Bonchev–Trinajstić information content (AvgIpc) is 2.66. The summed E-state index contributed by atoms with van der Waals surface area (Å²) in [6.45, 7) is 2.55. The molecular weight excluding hydrogens is 243 g/mol. The van der Waals surface area contributed by atoms with E-state index in [1.165, 1.54) is 6.07 Å². The Morgan fingerprint density at radius 3 is 2.56 bits per heavy atom. The van der Waals surface area contributed by atoms with Crippen LogP contribution in [0.25, 0.3) is 10.9 Å². The third kappa shape index (κ3) is 2.22. The molecule has 1 N–H and O–H groups in total. The van der Waals surface area contributed by atoms with E-state index in [-0.39, 0.29) is 6.61 Å². The number of hydrogen-bond donors (Lipinski definition) is 1. The fourth-order valence-electron chi connectivity index (χ4n) is 2.13. The number of nitrogens with zero attached hydrogens (tertiary/aromatic N) is 1. The number of benzene rings is 1. The fourth-order valence-corrected chi connectivity index (χ4v) is 2.13. The molecule has 0 unspecified atom stereocenters. The Labute approximate surface area is 103 Å². The Balaban J connectivity index is 2.63. The van der Waals surface area contributed by atoms with Crippen molar-refractivity contribution < 1.29 is 18.3 Å². The van der Waals surface area contributed by atoms with Crippen molar-refractivity contribution in [2.75, 3.05) is 6.61 Å². The molecule has 18 heavy (non-hydrogen) atoms. The van der Waals surface area contributed by atoms with Crippen molar-refractivity contribution in [3.05, 3.63) is 35.5 Å². The molecule has 0 saturated carbocycles. The number of halogens is 3. The number of rotatable bonds is 3. The summed E-state index contributed by atoms with van der Waals surface area (Å²) in [5, 5.41) is 9.53. The summed E-state index contributed by atoms with van der Waals surface area (Å²) < 4.78 is 39.9. The Morgan fingerprint density at radius 1 is 1.28 bits per heavy atom. The van der Waals surface area contributed by atoms with E-state index in [0.717, 1.165) is 23.2 Å². The Morgan fingerprint density at radius 2 is 2.00 bits per heavy atom. The van der Waals surface area contributed by atoms with E-state index in [2.05, 4.69) is 0 Å². The van der Waals surface area contributed by atoms with Gasteiger partial charge in [0, 0.05) is 30.3 Å². The zero-order valence-electron chi connectivity index (χ0n) is 9.96. The van der Waals surface area contributed by atoms with Gasteiger partial charge in [-0.1, -0.05) is 0 Å². The smallest absolute Gasteiger partial charge is 0.396 e. The minimum Gasteiger partial charge on any atom is -0.396 e. The van der Waals surface area contributed by atoms with Gasteiger partial charge in [0.25, 0.3) is 0 Å². The second-order valence-corrected chi connectivity index (χ2v) is 4.14. The van der Waals surface area contributed by atoms with Gasteiger partial charge in [-0.05, 0) is 37.1 Å². The van der Waals surface area contributed by atoms with Crippen LogP contribution in [0.5, 0.6) is 0 Å². The lowest BCUT2D eigenvalue weighted by atomic mass is 10.1. The first-order chi connectivity index (χ1) is 8.47. The molecular formula is C13H14F3NO. The molecule has 0 aliphatic heterocycles. The highest BCUT2D eigenvalue weighted by atomic mass is 19.4. The van der Waals surface area contributed by atoms with E-state index in [0.29, 0.717) is 18.4 Å². The van der Waals surface area contributed by atoms with Crippen molar-refractivity contribution in [2.24, 2.45) is 0 Å². The first kappa shape index (κ1) is 13.0. The van der Waals surface area contributed by atoms with Crippen LogP contribution in [0.2, 0.25) is 0 Å². The molecule has 0 aliphatic carbocycles. The molecule has 1 aromatic heterocycles. The summed E-state index contributed by atoms with van der Waals surface area (Å²) in [7, 11) is 0. The minimum atomic E-state index is -4.33. The van der Waals surface area contributed by atoms with E-state index in [1.54, 1.807) is 6.20 Å². The van der Waals surface area contributed by atoms with Gasteiger partial charge in [-0.15, -0.1) is 0 Å². The zero-order valence-corrected chi connectivity index (χ0v) is 9.96. The quantitative estimate of drug-likeness (QED) is 0.897. The number of alkyl halides is 3. The molecule has 2 rings (SSSR count). The van der Waals surface area contributed by atoms with E-state index < -0.39 is 11.7 Å². The summed E-state index contributed by atoms with van der Waals surface area (Å²) in [6, 6.07) is 3.74. The molecule has 0 bridgehead atoms. The van der Waals surface area contributed by atoms with Crippen molar-refractivity contribution in [1.29, 1.82) is 0 Å². The van der Waals surface area contributed by atoms with Gasteiger partial charge < -0.3 is 9.67 Å². The molecule has 0 radical (unpaired) electrons. The van der Waals surface area contributed by atoms with Crippen molar-refractivity contribution in [3.8, 4) is 0 Å². The second-order valence-electron chi connectivity index (χ2n) is 4.14. The molecule has 0 aliphatic rings. The number of fused-ring (bicyclic) bond motifs is 1. The van der Waals surface area contributed by atoms with Crippen molar-refractivity contribution in [3.63, 3.8) is 0 Å². The average molecular weight is 257 g/mol. The van der Waals surface area contributed by atoms with Gasteiger partial charge in [-0.3, -0.25) is 0 Å². The molecule has 1 aromatic carbocycles. The molecule has 0 spiro atoms. The maximum atomic E-state index is 12.7. The van der Waals surface area contributed by atoms with E-state index in [9.17, 15) is 13.2 Å². The highest BCUT2D eigenvalue weighted by Crippen LogP contribution is 2.33. The van der Waals surface area contributed by atoms with Gasteiger partial charge in [0.1, 0.15) is 0 Å². The Hall–Kier alpha value is -1.49. The highest BCUT2D eigenvalue weighted by molar-refractivity contribution is 5.85. The lowest BCUT2D eigenvalue weighted by Gasteiger charge is -2.07. The third-order valence-electron chi connectivity index (χ3n) is 3.01. The number of hydrogen-bond acceptors (Lipinski definition) is 1. The van der Waals surface area contributed by atoms with Crippen LogP contribution < -0.4 is 0 Å². The molecule has 1 heterocycles. The minimum absolute atomic E-state index is 0.0704. The van der Waals surface area contributed by atoms with Crippen LogP contribution in [0.4, 0.5) is 13.2 Å². The highest BCUT2D eigenvalue weighted by Gasteiger charge is 2.30. The largest absolute Gasteiger partial charge is 0.416 e. The van der Waals surface area contributed by atoms with Crippen molar-refractivity contribution in [1.82, 2.24) is 4.57 Å². The van der Waals surface area contributed by atoms with Gasteiger partial charge in [0.15, 0.2) is 0 Å². The predicted octanol–water partition coefficient (Wildman–Crippen LogP) is 3.21. The van der Waals surface area contributed by atoms with Crippen LogP contribution in [0, 0.1) is 0 Å². The molecule has 0 amide bonds. The van der Waals surface area contributed by atoms with Gasteiger partial charge in [0.2, 0.25) is 0 Å². The maximum absolute atomic E-state index is 12.7. The van der Waals surface area contributed by atoms with Crippen LogP contribution in [-0.2, 0) is 19.1 Å². The van der Waals surface area contributed by atoms with Crippen LogP contribution in [0.1, 0.15) is 18.1 Å². The molecule has 0 saturated heterocycles. The number of aliphatic hydroxyl groups is 1. The number of aliphatic hydroxyl groups excluding tert-OH is 1. The van der Waals surface area contributed by atoms with Crippen LogP contribution in [-0.4, -0.2) is 16.3 Å². The van der Waals surface area contributed by atoms with Gasteiger partial charge in [-0.25, -0.2) is 0 Å². The summed E-state index contributed by atoms with van der Waals surface area (Å²) in [5.74, 6) is 0. The standard InChI is InChI=1S/C13H14F3NO/c1-2-17-8-9(5-6-18)11-7-10(13(14,15)16)3-4-12(11)17/h3-4,7-8,18H,2,5-6H2,1H3. The molecule has 5 heteroatoms. The molecule has 98 valence electrons. The molecule has 0 fully saturated rings. The van der Waals surface area contributed by atoms with Crippen molar-refractivity contribution in [2.45, 2.75) is 26.1 Å². The monoisotopic (exact) mass is 257 g/mol. The predicted molar refractivity (Wildman–Crippen MR) is 63.4 cm³/mol. The first-order valence-corrected chi connectivity index (χ1v) is 5.77. The van der Waals surface area contributed by atoms with Crippen LogP contribution in [0.15, 0.2) is 24.4 Å². The second kappa shape index (κ2) is 4.65. The summed E-state index contributed by atoms with van der Waals surface area (Å²) in [5.41, 5.74) is 0.873. The number of aromatic nitrogens is 1. The molecule has 2 nitrogen and oxygen atoms in total. The normalized spacial score (nSPS) is 12.3. The summed E-state index contributed by atoms with van der Waals surface area (Å²) in [4.78, 5) is 0.